The summed E-state index contributed by atoms with van der Waals surface area (Å²) in [4.78, 5) is 23.0. The number of aliphatic imine (C=N–C) groups is 1. The molecule has 234 valence electrons. The Balaban J connectivity index is 0.00000216. The molecule has 0 atom stereocenters. The maximum Gasteiger partial charge on any atom is 0.416 e. The minimum atomic E-state index is -4.34. The van der Waals surface area contributed by atoms with Crippen LogP contribution < -0.4 is 0 Å². The number of alkyl halides is 3. The van der Waals surface area contributed by atoms with E-state index in [1.54, 1.807) is 23.1 Å². The van der Waals surface area contributed by atoms with Gasteiger partial charge in [-0.25, -0.2) is 13.8 Å². The monoisotopic (exact) mass is 611 g/mol. The Hall–Kier alpha value is -3.85. The second-order valence-electron chi connectivity index (χ2n) is 10.8. The van der Waals surface area contributed by atoms with Gasteiger partial charge >= 0.3 is 6.18 Å². The molecule has 2 aliphatic rings. The molecule has 9 heteroatoms. The van der Waals surface area contributed by atoms with Crippen molar-refractivity contribution in [3.8, 4) is 0 Å². The maximum atomic E-state index is 14.2. The van der Waals surface area contributed by atoms with E-state index >= 15 is 0 Å². The summed E-state index contributed by atoms with van der Waals surface area (Å²) >= 11 is 0. The molecule has 1 amide bonds. The minimum absolute atomic E-state index is 0.210. The third-order valence-electron chi connectivity index (χ3n) is 8.17. The van der Waals surface area contributed by atoms with Gasteiger partial charge in [-0.3, -0.25) is 9.69 Å². The highest BCUT2D eigenvalue weighted by molar-refractivity contribution is 6.10. The van der Waals surface area contributed by atoms with Crippen LogP contribution in [0.4, 0.5) is 22.0 Å². The Morgan fingerprint density at radius 3 is 1.86 bits per heavy atom. The number of benzene rings is 3. The van der Waals surface area contributed by atoms with Crippen LogP contribution in [0.5, 0.6) is 0 Å². The van der Waals surface area contributed by atoms with E-state index in [2.05, 4.69) is 11.5 Å². The number of carbonyl (C=O) groups excluding carboxylic acids is 1. The van der Waals surface area contributed by atoms with E-state index in [0.717, 1.165) is 50.2 Å². The molecule has 1 saturated heterocycles. The molecule has 2 heterocycles. The Labute approximate surface area is 255 Å². The number of amidine groups is 1. The third-order valence-corrected chi connectivity index (χ3v) is 8.17. The zero-order valence-corrected chi connectivity index (χ0v) is 25.1. The number of piperidine rings is 1. The first kappa shape index (κ1) is 33.1. The largest absolute Gasteiger partial charge is 0.416 e. The molecule has 3 aromatic rings. The van der Waals surface area contributed by atoms with Crippen LogP contribution in [-0.4, -0.2) is 47.7 Å². The molecule has 0 saturated carbocycles. The number of likely N-dealkylation sites (tertiary alicyclic amines) is 1. The second-order valence-corrected chi connectivity index (χ2v) is 10.8. The van der Waals surface area contributed by atoms with Crippen molar-refractivity contribution in [2.45, 2.75) is 57.2 Å². The first-order valence-corrected chi connectivity index (χ1v) is 15.0. The van der Waals surface area contributed by atoms with Crippen molar-refractivity contribution >= 4 is 11.7 Å². The molecule has 3 aromatic carbocycles. The average molecular weight is 612 g/mol. The Morgan fingerprint density at radius 1 is 0.864 bits per heavy atom. The highest BCUT2D eigenvalue weighted by Gasteiger charge is 2.50. The van der Waals surface area contributed by atoms with Gasteiger partial charge in [0.15, 0.2) is 5.54 Å². The molecule has 5 rings (SSSR count). The van der Waals surface area contributed by atoms with Gasteiger partial charge in [0.2, 0.25) is 0 Å². The number of carbonyl (C=O) groups is 1. The Morgan fingerprint density at radius 2 is 1.39 bits per heavy atom. The molecule has 0 aromatic heterocycles. The standard InChI is InChI=1S/C33H32F5N3O.C2H6/c1-2-4-30-39-32(25-9-13-28(34)14-10-25,26-11-15-29(35)16-12-26)31(42)41(30)20-3-19-40-21-17-24(18-22-40)23-5-7-27(8-6-23)33(36,37)38;1-2/h2,5-16,24H,1,3-4,17-22H2;1-2H3. The van der Waals surface area contributed by atoms with E-state index in [1.807, 2.05) is 13.8 Å². The summed E-state index contributed by atoms with van der Waals surface area (Å²) in [7, 11) is 0. The maximum absolute atomic E-state index is 14.2. The predicted molar refractivity (Wildman–Crippen MR) is 163 cm³/mol. The molecule has 1 fully saturated rings. The minimum Gasteiger partial charge on any atom is -0.303 e. The van der Waals surface area contributed by atoms with Crippen LogP contribution in [0.25, 0.3) is 0 Å². The SMILES string of the molecule is C=CCC1=NC(c2ccc(F)cc2)(c2ccc(F)cc2)C(=O)N1CCCN1CCC(c2ccc(C(F)(F)F)cc2)CC1.CC. The van der Waals surface area contributed by atoms with Crippen LogP contribution >= 0.6 is 0 Å². The number of amides is 1. The van der Waals surface area contributed by atoms with Gasteiger partial charge in [0.1, 0.15) is 17.5 Å². The van der Waals surface area contributed by atoms with Crippen LogP contribution in [0, 0.1) is 11.6 Å². The zero-order valence-electron chi connectivity index (χ0n) is 25.1. The smallest absolute Gasteiger partial charge is 0.303 e. The highest BCUT2D eigenvalue weighted by Crippen LogP contribution is 2.41. The van der Waals surface area contributed by atoms with E-state index in [-0.39, 0.29) is 11.8 Å². The number of hydrogen-bond acceptors (Lipinski definition) is 3. The van der Waals surface area contributed by atoms with Crippen molar-refractivity contribution in [3.63, 3.8) is 0 Å². The molecule has 4 nitrogen and oxygen atoms in total. The normalized spacial score (nSPS) is 17.2. The summed E-state index contributed by atoms with van der Waals surface area (Å²) < 4.78 is 66.3. The molecule has 0 radical (unpaired) electrons. The van der Waals surface area contributed by atoms with Crippen molar-refractivity contribution in [2.75, 3.05) is 26.2 Å². The van der Waals surface area contributed by atoms with Crippen molar-refractivity contribution < 1.29 is 26.7 Å². The van der Waals surface area contributed by atoms with E-state index in [0.29, 0.717) is 36.3 Å². The third kappa shape index (κ3) is 7.09. The van der Waals surface area contributed by atoms with Crippen LogP contribution in [0.1, 0.15) is 67.7 Å². The summed E-state index contributed by atoms with van der Waals surface area (Å²) in [6.07, 6.45) is 0.0537. The van der Waals surface area contributed by atoms with E-state index in [9.17, 15) is 26.7 Å². The average Bonchev–Trinajstić information content (AvgIpc) is 3.30. The molecule has 0 unspecified atom stereocenters. The van der Waals surface area contributed by atoms with Gasteiger partial charge in [-0.2, -0.15) is 13.2 Å². The lowest BCUT2D eigenvalue weighted by molar-refractivity contribution is -0.137. The van der Waals surface area contributed by atoms with Crippen LogP contribution in [-0.2, 0) is 16.5 Å². The van der Waals surface area contributed by atoms with Crippen LogP contribution in [0.15, 0.2) is 90.4 Å². The lowest BCUT2D eigenvalue weighted by Crippen LogP contribution is -2.43. The van der Waals surface area contributed by atoms with Gasteiger partial charge in [0.05, 0.1) is 5.56 Å². The van der Waals surface area contributed by atoms with Gasteiger partial charge in [-0.05, 0) is 97.9 Å². The van der Waals surface area contributed by atoms with Crippen molar-refractivity contribution in [2.24, 2.45) is 4.99 Å². The molecule has 44 heavy (non-hydrogen) atoms. The van der Waals surface area contributed by atoms with Gasteiger partial charge < -0.3 is 4.90 Å². The predicted octanol–water partition coefficient (Wildman–Crippen LogP) is 8.34. The number of rotatable bonds is 9. The van der Waals surface area contributed by atoms with E-state index in [4.69, 9.17) is 4.99 Å². The quantitative estimate of drug-likeness (QED) is 0.180. The van der Waals surface area contributed by atoms with Crippen molar-refractivity contribution in [3.05, 3.63) is 119 Å². The fourth-order valence-electron chi connectivity index (χ4n) is 5.94. The fourth-order valence-corrected chi connectivity index (χ4v) is 5.94. The molecular formula is C35H38F5N3O. The molecule has 0 bridgehead atoms. The lowest BCUT2D eigenvalue weighted by atomic mass is 9.82. The first-order chi connectivity index (χ1) is 21.1. The van der Waals surface area contributed by atoms with E-state index < -0.39 is 28.9 Å². The fraction of sp³-hybridized carbons (Fsp3) is 0.371. The summed E-state index contributed by atoms with van der Waals surface area (Å²) in [6.45, 7) is 10.6. The number of hydrogen-bond donors (Lipinski definition) is 0. The number of halogens is 5. The second kappa shape index (κ2) is 14.3. The van der Waals surface area contributed by atoms with Gasteiger partial charge in [-0.1, -0.05) is 56.3 Å². The molecule has 0 N–H and O–H groups in total. The van der Waals surface area contributed by atoms with Crippen LogP contribution in [0.3, 0.4) is 0 Å². The molecule has 0 spiro atoms. The topological polar surface area (TPSA) is 35.9 Å². The summed E-state index contributed by atoms with van der Waals surface area (Å²) in [6, 6.07) is 16.7. The molecule has 0 aliphatic carbocycles. The molecule has 2 aliphatic heterocycles. The first-order valence-electron chi connectivity index (χ1n) is 15.0. The van der Waals surface area contributed by atoms with E-state index in [1.165, 1.54) is 48.5 Å². The lowest BCUT2D eigenvalue weighted by Gasteiger charge is -2.33. The van der Waals surface area contributed by atoms with Gasteiger partial charge in [-0.15, -0.1) is 6.58 Å². The van der Waals surface area contributed by atoms with Gasteiger partial charge in [0, 0.05) is 13.0 Å². The number of nitrogens with zero attached hydrogens (tertiary/aromatic N) is 3. The summed E-state index contributed by atoms with van der Waals surface area (Å²) in [5.41, 5.74) is -0.180. The zero-order chi connectivity index (χ0) is 31.9. The summed E-state index contributed by atoms with van der Waals surface area (Å²) in [5.74, 6) is -0.398. The Bertz CT molecular complexity index is 1380. The van der Waals surface area contributed by atoms with Crippen molar-refractivity contribution in [1.29, 1.82) is 0 Å². The molecular weight excluding hydrogens is 573 g/mol. The highest BCUT2D eigenvalue weighted by atomic mass is 19.4. The van der Waals surface area contributed by atoms with Crippen molar-refractivity contribution in [1.82, 2.24) is 9.80 Å². The van der Waals surface area contributed by atoms with Crippen LogP contribution in [0.2, 0.25) is 0 Å². The van der Waals surface area contributed by atoms with Gasteiger partial charge in [0.25, 0.3) is 5.91 Å². The Kier molecular flexibility index (Phi) is 10.7. The summed E-state index contributed by atoms with van der Waals surface area (Å²) in [5, 5.41) is 0.